The van der Waals surface area contributed by atoms with Crippen molar-refractivity contribution < 1.29 is 24.5 Å². The van der Waals surface area contributed by atoms with Gasteiger partial charge in [-0.1, -0.05) is 365 Å². The number of esters is 1. The Hall–Kier alpha value is -1.92. The maximum absolute atomic E-state index is 12.5. The van der Waals surface area contributed by atoms with Crippen molar-refractivity contribution >= 4 is 11.9 Å². The Labute approximate surface area is 506 Å². The van der Waals surface area contributed by atoms with Gasteiger partial charge < -0.3 is 20.3 Å². The molecule has 0 aromatic heterocycles. The number of aliphatic hydroxyl groups excluding tert-OH is 2. The van der Waals surface area contributed by atoms with Gasteiger partial charge in [0.1, 0.15) is 0 Å². The highest BCUT2D eigenvalue weighted by atomic mass is 16.5. The first-order valence-corrected chi connectivity index (χ1v) is 36.8. The van der Waals surface area contributed by atoms with Crippen LogP contribution in [0.5, 0.6) is 0 Å². The molecule has 0 radical (unpaired) electrons. The summed E-state index contributed by atoms with van der Waals surface area (Å²) in [6.45, 7) is 4.93. The van der Waals surface area contributed by atoms with Crippen LogP contribution < -0.4 is 5.32 Å². The van der Waals surface area contributed by atoms with Crippen molar-refractivity contribution in [1.29, 1.82) is 0 Å². The van der Waals surface area contributed by atoms with Crippen LogP contribution in [0.15, 0.2) is 36.5 Å². The van der Waals surface area contributed by atoms with E-state index in [0.717, 1.165) is 44.9 Å². The minimum absolute atomic E-state index is 0.0119. The summed E-state index contributed by atoms with van der Waals surface area (Å²) in [6, 6.07) is -0.630. The molecule has 0 rings (SSSR count). The fourth-order valence-electron chi connectivity index (χ4n) is 11.6. The molecular weight excluding hydrogens is 995 g/mol. The van der Waals surface area contributed by atoms with E-state index in [1.54, 1.807) is 6.08 Å². The van der Waals surface area contributed by atoms with Crippen LogP contribution in [-0.2, 0) is 14.3 Å². The summed E-state index contributed by atoms with van der Waals surface area (Å²) in [6.07, 6.45) is 90.9. The highest BCUT2D eigenvalue weighted by molar-refractivity contribution is 5.76. The molecule has 1 amide bonds. The van der Waals surface area contributed by atoms with Gasteiger partial charge in [0.2, 0.25) is 5.91 Å². The Morgan fingerprint density at radius 2 is 0.617 bits per heavy atom. The Kier molecular flexibility index (Phi) is 68.9. The predicted molar refractivity (Wildman–Crippen MR) is 356 cm³/mol. The van der Waals surface area contributed by atoms with Crippen LogP contribution in [0.2, 0.25) is 0 Å². The highest BCUT2D eigenvalue weighted by Gasteiger charge is 2.18. The van der Waals surface area contributed by atoms with Gasteiger partial charge in [-0.2, -0.15) is 0 Å². The zero-order valence-electron chi connectivity index (χ0n) is 54.8. The van der Waals surface area contributed by atoms with Gasteiger partial charge in [-0.25, -0.2) is 0 Å². The number of aliphatic hydroxyl groups is 2. The Morgan fingerprint density at radius 3 is 0.938 bits per heavy atom. The first kappa shape index (κ1) is 79.1. The summed E-state index contributed by atoms with van der Waals surface area (Å²) >= 11 is 0. The van der Waals surface area contributed by atoms with E-state index in [0.29, 0.717) is 19.4 Å². The summed E-state index contributed by atoms with van der Waals surface area (Å²) in [5.41, 5.74) is 0. The second-order valence-electron chi connectivity index (χ2n) is 25.3. The molecule has 0 aromatic rings. The third-order valence-corrected chi connectivity index (χ3v) is 17.2. The van der Waals surface area contributed by atoms with E-state index in [1.165, 1.54) is 334 Å². The topological polar surface area (TPSA) is 95.9 Å². The van der Waals surface area contributed by atoms with E-state index in [4.69, 9.17) is 4.74 Å². The largest absolute Gasteiger partial charge is 0.466 e. The molecule has 0 saturated carbocycles. The lowest BCUT2D eigenvalue weighted by atomic mass is 10.0. The third kappa shape index (κ3) is 67.1. The van der Waals surface area contributed by atoms with Crippen molar-refractivity contribution in [1.82, 2.24) is 5.32 Å². The van der Waals surface area contributed by atoms with Crippen molar-refractivity contribution in [2.24, 2.45) is 0 Å². The summed E-state index contributed by atoms with van der Waals surface area (Å²) in [7, 11) is 0. The van der Waals surface area contributed by atoms with Gasteiger partial charge in [0.05, 0.1) is 25.4 Å². The van der Waals surface area contributed by atoms with Gasteiger partial charge in [-0.15, -0.1) is 0 Å². The van der Waals surface area contributed by atoms with Crippen molar-refractivity contribution in [3.05, 3.63) is 36.5 Å². The van der Waals surface area contributed by atoms with Crippen LogP contribution in [-0.4, -0.2) is 47.4 Å². The molecule has 2 unspecified atom stereocenters. The smallest absolute Gasteiger partial charge is 0.305 e. The number of carbonyl (C=O) groups excluding carboxylic acids is 2. The molecule has 3 N–H and O–H groups in total. The van der Waals surface area contributed by atoms with Gasteiger partial charge in [0, 0.05) is 12.8 Å². The fourth-order valence-corrected chi connectivity index (χ4v) is 11.6. The second-order valence-corrected chi connectivity index (χ2v) is 25.3. The molecule has 2 atom stereocenters. The van der Waals surface area contributed by atoms with E-state index < -0.39 is 12.1 Å². The van der Waals surface area contributed by atoms with Crippen LogP contribution in [0, 0.1) is 0 Å². The Bertz CT molecular complexity index is 1310. The third-order valence-electron chi connectivity index (χ3n) is 17.2. The number of amides is 1. The van der Waals surface area contributed by atoms with Crippen LogP contribution in [0.3, 0.4) is 0 Å². The van der Waals surface area contributed by atoms with E-state index in [2.05, 4.69) is 43.5 Å². The number of carbonyl (C=O) groups is 2. The SMILES string of the molecule is CCCCCCCCCCCCCCCCCCCCCCCC/C=C/C(O)C(CO)NC(=O)CCCCCCCCCCCCCCC/C=C\C/C=C\CCCCCCCCCCCOC(=O)CCCCCCCCCCCCC. The zero-order chi connectivity index (χ0) is 58.5. The van der Waals surface area contributed by atoms with E-state index in [9.17, 15) is 19.8 Å². The zero-order valence-corrected chi connectivity index (χ0v) is 54.8. The number of rotatable bonds is 69. The van der Waals surface area contributed by atoms with Crippen LogP contribution >= 0.6 is 0 Å². The molecule has 478 valence electrons. The molecule has 0 fully saturated rings. The number of hydrogen-bond donors (Lipinski definition) is 3. The lowest BCUT2D eigenvalue weighted by molar-refractivity contribution is -0.143. The molecule has 0 heterocycles. The summed E-state index contributed by atoms with van der Waals surface area (Å²) in [5, 5.41) is 23.3. The summed E-state index contributed by atoms with van der Waals surface area (Å²) < 4.78 is 5.47. The number of hydrogen-bond acceptors (Lipinski definition) is 5. The first-order valence-electron chi connectivity index (χ1n) is 36.8. The average molecular weight is 1140 g/mol. The molecule has 0 aromatic carbocycles. The highest BCUT2D eigenvalue weighted by Crippen LogP contribution is 2.19. The number of allylic oxidation sites excluding steroid dienone is 5. The molecule has 81 heavy (non-hydrogen) atoms. The maximum Gasteiger partial charge on any atom is 0.305 e. The van der Waals surface area contributed by atoms with Crippen molar-refractivity contribution in [2.45, 2.75) is 418 Å². The van der Waals surface area contributed by atoms with Gasteiger partial charge in [-0.05, 0) is 64.2 Å². The molecule has 0 spiro atoms. The van der Waals surface area contributed by atoms with E-state index in [-0.39, 0.29) is 18.5 Å². The van der Waals surface area contributed by atoms with Crippen molar-refractivity contribution in [3.63, 3.8) is 0 Å². The van der Waals surface area contributed by atoms with Crippen molar-refractivity contribution in [2.75, 3.05) is 13.2 Å². The van der Waals surface area contributed by atoms with Gasteiger partial charge in [0.25, 0.3) is 0 Å². The molecule has 0 saturated heterocycles. The molecule has 0 aliphatic rings. The number of unbranched alkanes of at least 4 members (excludes halogenated alkanes) is 54. The molecule has 0 aliphatic carbocycles. The fraction of sp³-hybridized carbons (Fsp3) is 0.893. The van der Waals surface area contributed by atoms with E-state index >= 15 is 0 Å². The van der Waals surface area contributed by atoms with Crippen LogP contribution in [0.4, 0.5) is 0 Å². The van der Waals surface area contributed by atoms with E-state index in [1.807, 2.05) is 6.08 Å². The lowest BCUT2D eigenvalue weighted by Crippen LogP contribution is -2.45. The minimum Gasteiger partial charge on any atom is -0.466 e. The normalized spacial score (nSPS) is 12.7. The standard InChI is InChI=1S/C75H143NO5/c1-3-5-7-9-11-13-15-16-17-18-19-20-21-29-32-35-38-41-44-48-51-55-59-63-67-73(78)72(71-77)76-74(79)68-64-60-56-52-49-45-42-39-36-33-30-27-25-23-22-24-26-28-31-34-37-40-43-46-50-54-58-62-66-70-81-75(80)69-65-61-57-53-47-14-12-10-8-6-4-2/h22,24,28,31,63,67,72-73,77-78H,3-21,23,25-27,29-30,32-62,64-66,68-71H2,1-2H3,(H,76,79)/b24-22-,31-28-,67-63+. The average Bonchev–Trinajstić information content (AvgIpc) is 3.47. The summed E-state index contributed by atoms with van der Waals surface area (Å²) in [5.74, 6) is -0.0528. The minimum atomic E-state index is -0.847. The number of nitrogens with one attached hydrogen (secondary N) is 1. The predicted octanol–water partition coefficient (Wildman–Crippen LogP) is 23.9. The molecule has 0 bridgehead atoms. The number of ether oxygens (including phenoxy) is 1. The quantitative estimate of drug-likeness (QED) is 0.0320. The maximum atomic E-state index is 12.5. The molecular formula is C75H143NO5. The van der Waals surface area contributed by atoms with Crippen LogP contribution in [0.25, 0.3) is 0 Å². The van der Waals surface area contributed by atoms with Gasteiger partial charge in [-0.3, -0.25) is 9.59 Å². The van der Waals surface area contributed by atoms with Gasteiger partial charge >= 0.3 is 5.97 Å². The second kappa shape index (κ2) is 70.6. The lowest BCUT2D eigenvalue weighted by Gasteiger charge is -2.20. The van der Waals surface area contributed by atoms with Crippen LogP contribution in [0.1, 0.15) is 406 Å². The van der Waals surface area contributed by atoms with Gasteiger partial charge in [0.15, 0.2) is 0 Å². The summed E-state index contributed by atoms with van der Waals surface area (Å²) in [4.78, 5) is 24.5. The Morgan fingerprint density at radius 1 is 0.346 bits per heavy atom. The molecule has 0 aliphatic heterocycles. The molecule has 6 nitrogen and oxygen atoms in total. The first-order chi connectivity index (χ1) is 40.0. The Balaban J connectivity index is 3.43. The van der Waals surface area contributed by atoms with Crippen molar-refractivity contribution in [3.8, 4) is 0 Å². The monoisotopic (exact) mass is 1140 g/mol. The molecule has 6 heteroatoms.